The van der Waals surface area contributed by atoms with Crippen molar-refractivity contribution >= 4 is 16.0 Å². The highest BCUT2D eigenvalue weighted by Crippen LogP contribution is 2.14. The Bertz CT molecular complexity index is 783. The van der Waals surface area contributed by atoms with E-state index < -0.39 is 16.0 Å². The van der Waals surface area contributed by atoms with Crippen LogP contribution in [0.15, 0.2) is 53.4 Å². The Hall–Kier alpha value is -2.38. The average Bonchev–Trinajstić information content (AvgIpc) is 2.59. The van der Waals surface area contributed by atoms with Crippen LogP contribution in [0.5, 0.6) is 5.75 Å². The molecule has 0 radical (unpaired) electrons. The molecule has 0 saturated heterocycles. The Balaban J connectivity index is 2.00. The molecule has 24 heavy (non-hydrogen) atoms. The number of ether oxygens (including phenoxy) is 1. The van der Waals surface area contributed by atoms with E-state index in [0.717, 1.165) is 17.7 Å². The number of nitrogens with one attached hydrogen (secondary N) is 1. The van der Waals surface area contributed by atoms with E-state index in [2.05, 4.69) is 4.72 Å². The van der Waals surface area contributed by atoms with E-state index in [1.54, 1.807) is 24.3 Å². The van der Waals surface area contributed by atoms with Crippen LogP contribution in [0.2, 0.25) is 0 Å². The van der Waals surface area contributed by atoms with Crippen LogP contribution < -0.4 is 9.46 Å². The minimum Gasteiger partial charge on any atom is -0.494 e. The SMILES string of the molecule is CCCOc1ccc(CNS(=O)(=O)c2ccc(C(=O)O)cc2)cc1. The first kappa shape index (κ1) is 18.0. The molecular formula is C17H19NO5S. The molecule has 0 spiro atoms. The average molecular weight is 349 g/mol. The predicted octanol–water partition coefficient (Wildman–Crippen LogP) is 2.65. The fourth-order valence-corrected chi connectivity index (χ4v) is 2.98. The Morgan fingerprint density at radius 3 is 2.25 bits per heavy atom. The lowest BCUT2D eigenvalue weighted by Gasteiger charge is -2.08. The van der Waals surface area contributed by atoms with Crippen LogP contribution in [-0.4, -0.2) is 26.1 Å². The van der Waals surface area contributed by atoms with E-state index in [-0.39, 0.29) is 17.0 Å². The van der Waals surface area contributed by atoms with Gasteiger partial charge in [0.25, 0.3) is 0 Å². The number of aromatic carboxylic acids is 1. The van der Waals surface area contributed by atoms with Gasteiger partial charge in [-0.2, -0.15) is 0 Å². The number of hydrogen-bond acceptors (Lipinski definition) is 4. The first-order valence-electron chi connectivity index (χ1n) is 7.47. The Kier molecular flexibility index (Phi) is 5.94. The highest BCUT2D eigenvalue weighted by atomic mass is 32.2. The molecule has 0 atom stereocenters. The van der Waals surface area contributed by atoms with E-state index in [9.17, 15) is 13.2 Å². The second kappa shape index (κ2) is 7.94. The maximum Gasteiger partial charge on any atom is 0.335 e. The summed E-state index contributed by atoms with van der Waals surface area (Å²) in [6, 6.07) is 12.2. The van der Waals surface area contributed by atoms with Crippen molar-refractivity contribution in [1.29, 1.82) is 0 Å². The molecule has 0 aliphatic heterocycles. The molecule has 128 valence electrons. The van der Waals surface area contributed by atoms with E-state index >= 15 is 0 Å². The summed E-state index contributed by atoms with van der Waals surface area (Å²) in [5.41, 5.74) is 0.834. The monoisotopic (exact) mass is 349 g/mol. The molecule has 0 amide bonds. The van der Waals surface area contributed by atoms with Crippen molar-refractivity contribution < 1.29 is 23.1 Å². The second-order valence-corrected chi connectivity index (χ2v) is 6.91. The number of carboxylic acid groups (broad SMARTS) is 1. The van der Waals surface area contributed by atoms with Gasteiger partial charge < -0.3 is 9.84 Å². The van der Waals surface area contributed by atoms with Crippen molar-refractivity contribution in [1.82, 2.24) is 4.72 Å². The van der Waals surface area contributed by atoms with Crippen LogP contribution in [0, 0.1) is 0 Å². The van der Waals surface area contributed by atoms with Crippen molar-refractivity contribution in [3.8, 4) is 5.75 Å². The Labute approximate surface area is 141 Å². The summed E-state index contributed by atoms with van der Waals surface area (Å²) in [5, 5.41) is 8.83. The van der Waals surface area contributed by atoms with Crippen LogP contribution in [-0.2, 0) is 16.6 Å². The molecule has 0 saturated carbocycles. The van der Waals surface area contributed by atoms with Gasteiger partial charge in [-0.25, -0.2) is 17.9 Å². The zero-order chi connectivity index (χ0) is 17.6. The molecule has 0 heterocycles. The molecule has 2 aromatic carbocycles. The molecule has 0 bridgehead atoms. The highest BCUT2D eigenvalue weighted by Gasteiger charge is 2.14. The molecule has 2 aromatic rings. The summed E-state index contributed by atoms with van der Waals surface area (Å²) in [6.45, 7) is 2.79. The van der Waals surface area contributed by atoms with E-state index in [1.807, 2.05) is 6.92 Å². The number of rotatable bonds is 8. The lowest BCUT2D eigenvalue weighted by Crippen LogP contribution is -2.23. The third-order valence-corrected chi connectivity index (χ3v) is 4.69. The van der Waals surface area contributed by atoms with Gasteiger partial charge in [-0.15, -0.1) is 0 Å². The topological polar surface area (TPSA) is 92.7 Å². The predicted molar refractivity (Wildman–Crippen MR) is 89.7 cm³/mol. The van der Waals surface area contributed by atoms with Gasteiger partial charge in [-0.1, -0.05) is 19.1 Å². The summed E-state index contributed by atoms with van der Waals surface area (Å²) in [6.07, 6.45) is 0.919. The number of benzene rings is 2. The number of carboxylic acids is 1. The molecule has 2 rings (SSSR count). The second-order valence-electron chi connectivity index (χ2n) is 5.15. The van der Waals surface area contributed by atoms with Crippen molar-refractivity contribution in [3.05, 3.63) is 59.7 Å². The summed E-state index contributed by atoms with van der Waals surface area (Å²) < 4.78 is 32.4. The van der Waals surface area contributed by atoms with Crippen LogP contribution in [0.1, 0.15) is 29.3 Å². The summed E-state index contributed by atoms with van der Waals surface area (Å²) >= 11 is 0. The molecule has 6 nitrogen and oxygen atoms in total. The van der Waals surface area contributed by atoms with Crippen molar-refractivity contribution in [2.75, 3.05) is 6.61 Å². The first-order valence-corrected chi connectivity index (χ1v) is 8.95. The summed E-state index contributed by atoms with van der Waals surface area (Å²) in [5.74, 6) is -0.356. The Morgan fingerprint density at radius 1 is 1.08 bits per heavy atom. The van der Waals surface area contributed by atoms with Crippen molar-refractivity contribution in [2.45, 2.75) is 24.8 Å². The standard InChI is InChI=1S/C17H19NO5S/c1-2-11-23-15-7-3-13(4-8-15)12-18-24(21,22)16-9-5-14(6-10-16)17(19)20/h3-10,18H,2,11-12H2,1H3,(H,19,20). The molecule has 0 aliphatic rings. The largest absolute Gasteiger partial charge is 0.494 e. The quantitative estimate of drug-likeness (QED) is 0.764. The fraction of sp³-hybridized carbons (Fsp3) is 0.235. The normalized spacial score (nSPS) is 11.2. The van der Waals surface area contributed by atoms with E-state index in [4.69, 9.17) is 9.84 Å². The summed E-state index contributed by atoms with van der Waals surface area (Å²) in [4.78, 5) is 10.8. The van der Waals surface area contributed by atoms with E-state index in [1.165, 1.54) is 24.3 Å². The third-order valence-electron chi connectivity index (χ3n) is 3.27. The lowest BCUT2D eigenvalue weighted by atomic mass is 10.2. The highest BCUT2D eigenvalue weighted by molar-refractivity contribution is 7.89. The van der Waals surface area contributed by atoms with E-state index in [0.29, 0.717) is 6.61 Å². The molecule has 7 heteroatoms. The third kappa shape index (κ3) is 4.81. The van der Waals surface area contributed by atoms with Gasteiger partial charge in [-0.05, 0) is 48.4 Å². The smallest absolute Gasteiger partial charge is 0.335 e. The number of sulfonamides is 1. The maximum atomic E-state index is 12.2. The van der Waals surface area contributed by atoms with Crippen LogP contribution in [0.3, 0.4) is 0 Å². The molecule has 0 aliphatic carbocycles. The fourth-order valence-electron chi connectivity index (χ4n) is 1.96. The van der Waals surface area contributed by atoms with Gasteiger partial charge in [0.1, 0.15) is 5.75 Å². The van der Waals surface area contributed by atoms with Gasteiger partial charge in [-0.3, -0.25) is 0 Å². The summed E-state index contributed by atoms with van der Waals surface area (Å²) in [7, 11) is -3.70. The zero-order valence-corrected chi connectivity index (χ0v) is 14.0. The van der Waals surface area contributed by atoms with Crippen molar-refractivity contribution in [3.63, 3.8) is 0 Å². The van der Waals surface area contributed by atoms with Gasteiger partial charge in [0.15, 0.2) is 0 Å². The molecule has 0 fully saturated rings. The van der Waals surface area contributed by atoms with Gasteiger partial charge in [0.2, 0.25) is 10.0 Å². The van der Waals surface area contributed by atoms with Crippen LogP contribution >= 0.6 is 0 Å². The van der Waals surface area contributed by atoms with Crippen LogP contribution in [0.25, 0.3) is 0 Å². The van der Waals surface area contributed by atoms with Crippen molar-refractivity contribution in [2.24, 2.45) is 0 Å². The van der Waals surface area contributed by atoms with Gasteiger partial charge in [0, 0.05) is 6.54 Å². The zero-order valence-electron chi connectivity index (χ0n) is 13.2. The minimum atomic E-state index is -3.70. The molecular weight excluding hydrogens is 330 g/mol. The molecule has 0 unspecified atom stereocenters. The maximum absolute atomic E-state index is 12.2. The first-order chi connectivity index (χ1) is 11.4. The lowest BCUT2D eigenvalue weighted by molar-refractivity contribution is 0.0696. The van der Waals surface area contributed by atoms with Gasteiger partial charge in [0.05, 0.1) is 17.1 Å². The number of carbonyl (C=O) groups is 1. The molecule has 2 N–H and O–H groups in total. The minimum absolute atomic E-state index is 0.0235. The van der Waals surface area contributed by atoms with Crippen LogP contribution in [0.4, 0.5) is 0 Å². The Morgan fingerprint density at radius 2 is 1.71 bits per heavy atom. The van der Waals surface area contributed by atoms with Gasteiger partial charge >= 0.3 is 5.97 Å². The number of hydrogen-bond donors (Lipinski definition) is 2. The molecule has 0 aromatic heterocycles.